The van der Waals surface area contributed by atoms with Crippen LogP contribution in [0.1, 0.15) is 19.3 Å². The summed E-state index contributed by atoms with van der Waals surface area (Å²) in [6.45, 7) is 0. The number of aliphatic hydroxyl groups excluding tert-OH is 1. The third-order valence-corrected chi connectivity index (χ3v) is 2.68. The summed E-state index contributed by atoms with van der Waals surface area (Å²) < 4.78 is 72.6. The summed E-state index contributed by atoms with van der Waals surface area (Å²) in [6.07, 6.45) is -12.2. The molecule has 1 rings (SSSR count). The van der Waals surface area contributed by atoms with E-state index in [9.17, 15) is 26.3 Å². The maximum Gasteiger partial charge on any atom is 0.403 e. The van der Waals surface area contributed by atoms with Crippen LogP contribution < -0.4 is 0 Å². The first-order valence-electron chi connectivity index (χ1n) is 4.45. The fraction of sp³-hybridized carbons (Fsp3) is 1.00. The Balaban J connectivity index is 2.80. The first-order valence-corrected chi connectivity index (χ1v) is 4.45. The Bertz CT molecular complexity index is 202. The quantitative estimate of drug-likeness (QED) is 0.731. The highest BCUT2D eigenvalue weighted by atomic mass is 19.4. The zero-order chi connectivity index (χ0) is 11.9. The van der Waals surface area contributed by atoms with Crippen LogP contribution in [0.4, 0.5) is 26.3 Å². The maximum absolute atomic E-state index is 12.1. The number of hydrogen-bond acceptors (Lipinski definition) is 1. The van der Waals surface area contributed by atoms with Crippen LogP contribution >= 0.6 is 0 Å². The maximum atomic E-state index is 12.1. The monoisotopic (exact) mass is 236 g/mol. The molecule has 1 fully saturated rings. The number of aliphatic hydroxyl groups is 1. The number of halogens is 6. The van der Waals surface area contributed by atoms with Gasteiger partial charge < -0.3 is 5.11 Å². The summed E-state index contributed by atoms with van der Waals surface area (Å²) in [6, 6.07) is 0. The lowest BCUT2D eigenvalue weighted by molar-refractivity contribution is -0.313. The molecule has 0 radical (unpaired) electrons. The van der Waals surface area contributed by atoms with Crippen LogP contribution in [-0.4, -0.2) is 23.6 Å². The SMILES string of the molecule is OC(C1CCC1)C(C(F)(F)F)C(F)(F)F. The van der Waals surface area contributed by atoms with Crippen LogP contribution in [0.25, 0.3) is 0 Å². The van der Waals surface area contributed by atoms with E-state index in [1.807, 2.05) is 0 Å². The van der Waals surface area contributed by atoms with Crippen molar-refractivity contribution in [1.82, 2.24) is 0 Å². The zero-order valence-corrected chi connectivity index (χ0v) is 7.57. The van der Waals surface area contributed by atoms with Gasteiger partial charge in [-0.15, -0.1) is 0 Å². The molecular weight excluding hydrogens is 226 g/mol. The lowest BCUT2D eigenvalue weighted by Crippen LogP contribution is -2.49. The Hall–Kier alpha value is -0.460. The van der Waals surface area contributed by atoms with Gasteiger partial charge in [-0.2, -0.15) is 26.3 Å². The van der Waals surface area contributed by atoms with Crippen molar-refractivity contribution in [1.29, 1.82) is 0 Å². The minimum Gasteiger partial charge on any atom is -0.392 e. The highest BCUT2D eigenvalue weighted by Crippen LogP contribution is 2.46. The first kappa shape index (κ1) is 12.6. The van der Waals surface area contributed by atoms with Crippen LogP contribution in [0.5, 0.6) is 0 Å². The molecule has 1 aliphatic rings. The van der Waals surface area contributed by atoms with E-state index in [-0.39, 0.29) is 12.8 Å². The molecule has 1 atom stereocenters. The lowest BCUT2D eigenvalue weighted by atomic mass is 9.76. The standard InChI is InChI=1S/C8H10F6O/c9-7(10,11)6(8(12,13)14)5(15)4-2-1-3-4/h4-6,15H,1-3H2. The van der Waals surface area contributed by atoms with Crippen LogP contribution in [0.15, 0.2) is 0 Å². The minimum atomic E-state index is -5.44. The van der Waals surface area contributed by atoms with E-state index >= 15 is 0 Å². The largest absolute Gasteiger partial charge is 0.403 e. The Kier molecular flexibility index (Phi) is 3.23. The van der Waals surface area contributed by atoms with Gasteiger partial charge in [0.1, 0.15) is 0 Å². The van der Waals surface area contributed by atoms with E-state index in [0.29, 0.717) is 6.42 Å². The van der Waals surface area contributed by atoms with Gasteiger partial charge in [0.2, 0.25) is 0 Å². The predicted molar refractivity (Wildman–Crippen MR) is 38.9 cm³/mol. The molecule has 1 saturated carbocycles. The van der Waals surface area contributed by atoms with Gasteiger partial charge >= 0.3 is 12.4 Å². The molecule has 90 valence electrons. The second-order valence-electron chi connectivity index (χ2n) is 3.74. The van der Waals surface area contributed by atoms with Crippen molar-refractivity contribution in [3.63, 3.8) is 0 Å². The molecule has 7 heteroatoms. The second kappa shape index (κ2) is 3.84. The van der Waals surface area contributed by atoms with Gasteiger partial charge in [-0.05, 0) is 18.8 Å². The fourth-order valence-electron chi connectivity index (χ4n) is 1.63. The molecule has 0 saturated heterocycles. The van der Waals surface area contributed by atoms with E-state index in [2.05, 4.69) is 0 Å². The van der Waals surface area contributed by atoms with E-state index < -0.39 is 30.3 Å². The number of alkyl halides is 6. The smallest absolute Gasteiger partial charge is 0.392 e. The minimum absolute atomic E-state index is 0.226. The van der Waals surface area contributed by atoms with Gasteiger partial charge in [0.15, 0.2) is 5.92 Å². The van der Waals surface area contributed by atoms with Crippen molar-refractivity contribution < 1.29 is 31.4 Å². The fourth-order valence-corrected chi connectivity index (χ4v) is 1.63. The van der Waals surface area contributed by atoms with Crippen molar-refractivity contribution in [3.8, 4) is 0 Å². The molecule has 0 aliphatic heterocycles. The summed E-state index contributed by atoms with van der Waals surface area (Å²) in [7, 11) is 0. The molecule has 0 aromatic carbocycles. The van der Waals surface area contributed by atoms with Crippen molar-refractivity contribution in [2.45, 2.75) is 37.7 Å². The van der Waals surface area contributed by atoms with E-state index in [4.69, 9.17) is 5.11 Å². The highest BCUT2D eigenvalue weighted by molar-refractivity contribution is 4.89. The van der Waals surface area contributed by atoms with Gasteiger partial charge in [0.05, 0.1) is 6.10 Å². The first-order chi connectivity index (χ1) is 6.64. The normalized spacial score (nSPS) is 21.6. The second-order valence-corrected chi connectivity index (χ2v) is 3.74. The molecule has 15 heavy (non-hydrogen) atoms. The molecule has 1 unspecified atom stereocenters. The van der Waals surface area contributed by atoms with Gasteiger partial charge in [0.25, 0.3) is 0 Å². The summed E-state index contributed by atoms with van der Waals surface area (Å²) in [5.74, 6) is -4.49. The van der Waals surface area contributed by atoms with Gasteiger partial charge in [-0.3, -0.25) is 0 Å². The summed E-state index contributed by atoms with van der Waals surface area (Å²) in [5.41, 5.74) is 0. The average Bonchev–Trinajstić information content (AvgIpc) is 1.72. The molecule has 1 nitrogen and oxygen atoms in total. The van der Waals surface area contributed by atoms with Gasteiger partial charge in [-0.1, -0.05) is 6.42 Å². The molecule has 0 aromatic rings. The molecule has 0 aromatic heterocycles. The average molecular weight is 236 g/mol. The highest BCUT2D eigenvalue weighted by Gasteiger charge is 2.61. The molecule has 0 bridgehead atoms. The lowest BCUT2D eigenvalue weighted by Gasteiger charge is -2.36. The van der Waals surface area contributed by atoms with E-state index in [1.54, 1.807) is 0 Å². The van der Waals surface area contributed by atoms with Crippen molar-refractivity contribution in [2.75, 3.05) is 0 Å². The number of hydrogen-bond donors (Lipinski definition) is 1. The van der Waals surface area contributed by atoms with Crippen LogP contribution in [-0.2, 0) is 0 Å². The van der Waals surface area contributed by atoms with Gasteiger partial charge in [-0.25, -0.2) is 0 Å². The van der Waals surface area contributed by atoms with Crippen molar-refractivity contribution in [2.24, 2.45) is 11.8 Å². The molecule has 1 N–H and O–H groups in total. The summed E-state index contributed by atoms with van der Waals surface area (Å²) in [4.78, 5) is 0. The Morgan fingerprint density at radius 3 is 1.53 bits per heavy atom. The third-order valence-electron chi connectivity index (χ3n) is 2.68. The Morgan fingerprint density at radius 2 is 1.33 bits per heavy atom. The summed E-state index contributed by atoms with van der Waals surface area (Å²) >= 11 is 0. The molecule has 0 amide bonds. The molecule has 0 spiro atoms. The van der Waals surface area contributed by atoms with Gasteiger partial charge in [0, 0.05) is 0 Å². The molecule has 0 heterocycles. The summed E-state index contributed by atoms with van der Waals surface area (Å²) in [5, 5.41) is 9.06. The van der Waals surface area contributed by atoms with Crippen LogP contribution in [0.3, 0.4) is 0 Å². The van der Waals surface area contributed by atoms with E-state index in [0.717, 1.165) is 0 Å². The van der Waals surface area contributed by atoms with Crippen molar-refractivity contribution in [3.05, 3.63) is 0 Å². The van der Waals surface area contributed by atoms with E-state index in [1.165, 1.54) is 0 Å². The third kappa shape index (κ3) is 2.76. The predicted octanol–water partition coefficient (Wildman–Crippen LogP) is 2.89. The molecule has 1 aliphatic carbocycles. The van der Waals surface area contributed by atoms with Crippen LogP contribution in [0, 0.1) is 11.8 Å². The van der Waals surface area contributed by atoms with Crippen molar-refractivity contribution >= 4 is 0 Å². The number of rotatable bonds is 2. The molecular formula is C8H10F6O. The topological polar surface area (TPSA) is 20.2 Å². The van der Waals surface area contributed by atoms with Crippen LogP contribution in [0.2, 0.25) is 0 Å². The zero-order valence-electron chi connectivity index (χ0n) is 7.57. The Morgan fingerprint density at radius 1 is 0.933 bits per heavy atom. The Labute approximate surface area is 82.1 Å².